The van der Waals surface area contributed by atoms with E-state index in [0.29, 0.717) is 25.4 Å². The summed E-state index contributed by atoms with van der Waals surface area (Å²) in [6.45, 7) is 3.55. The van der Waals surface area contributed by atoms with E-state index < -0.39 is 11.9 Å². The molecule has 2 rings (SSSR count). The van der Waals surface area contributed by atoms with E-state index in [1.807, 2.05) is 6.92 Å². The van der Waals surface area contributed by atoms with Crippen LogP contribution in [0, 0.1) is 5.82 Å². The minimum absolute atomic E-state index is 0.0239. The topological polar surface area (TPSA) is 67.6 Å². The number of morpholine rings is 1. The fourth-order valence-corrected chi connectivity index (χ4v) is 2.60. The summed E-state index contributed by atoms with van der Waals surface area (Å²) in [6, 6.07) is 4.08. The Bertz CT molecular complexity index is 553. The maximum Gasteiger partial charge on any atom is 0.245 e. The molecule has 1 aliphatic rings. The smallest absolute Gasteiger partial charge is 0.245 e. The SMILES string of the molecule is CCNC(=O)C1COCCN1c1cccc(F)c1C(N)=S. The zero-order valence-corrected chi connectivity index (χ0v) is 12.6. The fraction of sp³-hybridized carbons (Fsp3) is 0.429. The Labute approximate surface area is 128 Å². The second-order valence-corrected chi connectivity index (χ2v) is 5.12. The van der Waals surface area contributed by atoms with Crippen molar-refractivity contribution in [2.75, 3.05) is 31.2 Å². The molecule has 0 aliphatic carbocycles. The Hall–Kier alpha value is -1.73. The van der Waals surface area contributed by atoms with Crippen molar-refractivity contribution in [2.24, 2.45) is 5.73 Å². The van der Waals surface area contributed by atoms with Gasteiger partial charge >= 0.3 is 0 Å². The number of likely N-dealkylation sites (N-methyl/N-ethyl adjacent to an activating group) is 1. The summed E-state index contributed by atoms with van der Waals surface area (Å²) < 4.78 is 19.4. The molecule has 0 saturated carbocycles. The Morgan fingerprint density at radius 1 is 1.62 bits per heavy atom. The third-order valence-corrected chi connectivity index (χ3v) is 3.53. The van der Waals surface area contributed by atoms with Gasteiger partial charge in [0, 0.05) is 13.1 Å². The van der Waals surface area contributed by atoms with Crippen molar-refractivity contribution >= 4 is 28.8 Å². The number of halogens is 1. The van der Waals surface area contributed by atoms with Gasteiger partial charge in [-0.05, 0) is 19.1 Å². The van der Waals surface area contributed by atoms with Crippen LogP contribution in [0.3, 0.4) is 0 Å². The van der Waals surface area contributed by atoms with Crippen molar-refractivity contribution in [1.82, 2.24) is 5.32 Å². The van der Waals surface area contributed by atoms with Gasteiger partial charge in [0.25, 0.3) is 0 Å². The Kier molecular flexibility index (Phi) is 5.08. The first-order valence-corrected chi connectivity index (χ1v) is 7.17. The van der Waals surface area contributed by atoms with E-state index >= 15 is 0 Å². The highest BCUT2D eigenvalue weighted by atomic mass is 32.1. The van der Waals surface area contributed by atoms with Gasteiger partial charge in [-0.2, -0.15) is 0 Å². The lowest BCUT2D eigenvalue weighted by Gasteiger charge is -2.37. The number of nitrogens with zero attached hydrogens (tertiary/aromatic N) is 1. The van der Waals surface area contributed by atoms with Crippen molar-refractivity contribution in [3.05, 3.63) is 29.6 Å². The average molecular weight is 311 g/mol. The van der Waals surface area contributed by atoms with Gasteiger partial charge in [0.1, 0.15) is 16.8 Å². The molecule has 1 unspecified atom stereocenters. The van der Waals surface area contributed by atoms with Crippen LogP contribution in [0.15, 0.2) is 18.2 Å². The number of hydrogen-bond acceptors (Lipinski definition) is 4. The maximum atomic E-state index is 14.0. The third-order valence-electron chi connectivity index (χ3n) is 3.33. The minimum Gasteiger partial charge on any atom is -0.389 e. The van der Waals surface area contributed by atoms with E-state index in [1.54, 1.807) is 17.0 Å². The van der Waals surface area contributed by atoms with Gasteiger partial charge in [0.05, 0.1) is 24.5 Å². The molecule has 1 amide bonds. The molecule has 1 aromatic rings. The number of hydrogen-bond donors (Lipinski definition) is 2. The van der Waals surface area contributed by atoms with E-state index in [2.05, 4.69) is 5.32 Å². The highest BCUT2D eigenvalue weighted by molar-refractivity contribution is 7.80. The molecule has 0 bridgehead atoms. The van der Waals surface area contributed by atoms with Crippen LogP contribution in [0.5, 0.6) is 0 Å². The van der Waals surface area contributed by atoms with Crippen LogP contribution in [0.25, 0.3) is 0 Å². The van der Waals surface area contributed by atoms with Crippen LogP contribution >= 0.6 is 12.2 Å². The number of rotatable bonds is 4. The maximum absolute atomic E-state index is 14.0. The van der Waals surface area contributed by atoms with E-state index in [1.165, 1.54) is 6.07 Å². The number of benzene rings is 1. The fourth-order valence-electron chi connectivity index (χ4n) is 2.40. The molecular weight excluding hydrogens is 293 g/mol. The molecule has 5 nitrogen and oxygen atoms in total. The van der Waals surface area contributed by atoms with Gasteiger partial charge < -0.3 is 20.7 Å². The molecule has 0 spiro atoms. The molecule has 114 valence electrons. The number of ether oxygens (including phenoxy) is 1. The summed E-state index contributed by atoms with van der Waals surface area (Å²) in [7, 11) is 0. The highest BCUT2D eigenvalue weighted by Crippen LogP contribution is 2.26. The monoisotopic (exact) mass is 311 g/mol. The predicted octanol–water partition coefficient (Wildman–Crippen LogP) is 0.801. The highest BCUT2D eigenvalue weighted by Gasteiger charge is 2.31. The standard InChI is InChI=1S/C14H18FN3O2S/c1-2-17-14(19)11-8-20-7-6-18(11)10-5-3-4-9(15)12(10)13(16)21/h3-5,11H,2,6-8H2,1H3,(H2,16,21)(H,17,19). The van der Waals surface area contributed by atoms with Gasteiger partial charge in [-0.25, -0.2) is 4.39 Å². The molecule has 21 heavy (non-hydrogen) atoms. The molecule has 1 saturated heterocycles. The van der Waals surface area contributed by atoms with E-state index in [9.17, 15) is 9.18 Å². The van der Waals surface area contributed by atoms with E-state index in [0.717, 1.165) is 0 Å². The van der Waals surface area contributed by atoms with Crippen molar-refractivity contribution in [2.45, 2.75) is 13.0 Å². The van der Waals surface area contributed by atoms with Crippen LogP contribution < -0.4 is 16.0 Å². The van der Waals surface area contributed by atoms with Crippen LogP contribution in [-0.4, -0.2) is 43.2 Å². The lowest BCUT2D eigenvalue weighted by molar-refractivity contribution is -0.124. The zero-order valence-electron chi connectivity index (χ0n) is 11.8. The molecule has 1 aromatic carbocycles. The third kappa shape index (κ3) is 3.30. The Balaban J connectivity index is 2.40. The minimum atomic E-state index is -0.520. The summed E-state index contributed by atoms with van der Waals surface area (Å²) >= 11 is 4.94. The number of nitrogens with one attached hydrogen (secondary N) is 1. The van der Waals surface area contributed by atoms with Crippen molar-refractivity contribution in [3.8, 4) is 0 Å². The molecule has 3 N–H and O–H groups in total. The number of amides is 1. The summed E-state index contributed by atoms with van der Waals surface area (Å²) in [5.74, 6) is -0.642. The summed E-state index contributed by atoms with van der Waals surface area (Å²) in [5, 5.41) is 2.76. The first kappa shape index (κ1) is 15.7. The second-order valence-electron chi connectivity index (χ2n) is 4.68. The van der Waals surface area contributed by atoms with Gasteiger partial charge in [-0.3, -0.25) is 4.79 Å². The lowest BCUT2D eigenvalue weighted by atomic mass is 10.1. The first-order chi connectivity index (χ1) is 10.1. The Morgan fingerprint density at radius 3 is 3.05 bits per heavy atom. The molecule has 1 heterocycles. The van der Waals surface area contributed by atoms with Gasteiger partial charge in [0.2, 0.25) is 5.91 Å². The molecule has 1 atom stereocenters. The van der Waals surface area contributed by atoms with Crippen LogP contribution in [-0.2, 0) is 9.53 Å². The van der Waals surface area contributed by atoms with Gasteiger partial charge in [-0.1, -0.05) is 18.3 Å². The molecule has 1 fully saturated rings. The van der Waals surface area contributed by atoms with Crippen LogP contribution in [0.4, 0.5) is 10.1 Å². The van der Waals surface area contributed by atoms with Crippen molar-refractivity contribution < 1.29 is 13.9 Å². The van der Waals surface area contributed by atoms with Crippen molar-refractivity contribution in [1.29, 1.82) is 0 Å². The number of carbonyl (C=O) groups is 1. The average Bonchev–Trinajstić information content (AvgIpc) is 2.47. The Morgan fingerprint density at radius 2 is 2.38 bits per heavy atom. The molecule has 0 aromatic heterocycles. The number of thiocarbonyl (C=S) groups is 1. The largest absolute Gasteiger partial charge is 0.389 e. The normalized spacial score (nSPS) is 18.4. The van der Waals surface area contributed by atoms with Crippen LogP contribution in [0.1, 0.15) is 12.5 Å². The van der Waals surface area contributed by atoms with E-state index in [-0.39, 0.29) is 23.1 Å². The molecule has 7 heteroatoms. The van der Waals surface area contributed by atoms with Crippen molar-refractivity contribution in [3.63, 3.8) is 0 Å². The number of anilines is 1. The predicted molar refractivity (Wildman–Crippen MR) is 82.9 cm³/mol. The summed E-state index contributed by atoms with van der Waals surface area (Å²) in [6.07, 6.45) is 0. The lowest BCUT2D eigenvalue weighted by Crippen LogP contribution is -2.54. The van der Waals surface area contributed by atoms with Gasteiger partial charge in [0.15, 0.2) is 0 Å². The molecule has 0 radical (unpaired) electrons. The number of carbonyl (C=O) groups excluding carboxylic acids is 1. The van der Waals surface area contributed by atoms with E-state index in [4.69, 9.17) is 22.7 Å². The molecule has 1 aliphatic heterocycles. The van der Waals surface area contributed by atoms with Gasteiger partial charge in [-0.15, -0.1) is 0 Å². The summed E-state index contributed by atoms with van der Waals surface area (Å²) in [5.41, 5.74) is 6.34. The summed E-state index contributed by atoms with van der Waals surface area (Å²) in [4.78, 5) is 13.9. The quantitative estimate of drug-likeness (QED) is 0.805. The van der Waals surface area contributed by atoms with Crippen LogP contribution in [0.2, 0.25) is 0 Å². The number of nitrogens with two attached hydrogens (primary N) is 1. The second kappa shape index (κ2) is 6.82. The molecular formula is C14H18FN3O2S. The first-order valence-electron chi connectivity index (χ1n) is 6.76. The zero-order chi connectivity index (χ0) is 15.4.